The SMILES string of the molecule is COc1c(O)ccc(C(C)=O)c1C.O=C(O)c1cccc(O)c1C(=O)O. The van der Waals surface area contributed by atoms with Crippen molar-refractivity contribution >= 4 is 17.7 Å². The summed E-state index contributed by atoms with van der Waals surface area (Å²) in [5.41, 5.74) is 0.243. The van der Waals surface area contributed by atoms with E-state index in [1.54, 1.807) is 13.0 Å². The second-order valence-corrected chi connectivity index (χ2v) is 5.16. The zero-order valence-corrected chi connectivity index (χ0v) is 14.3. The number of carboxylic acids is 2. The highest BCUT2D eigenvalue weighted by molar-refractivity contribution is 6.03. The number of ether oxygens (including phenoxy) is 1. The lowest BCUT2D eigenvalue weighted by Crippen LogP contribution is -2.07. The molecule has 8 nitrogen and oxygen atoms in total. The van der Waals surface area contributed by atoms with Crippen LogP contribution in [-0.4, -0.2) is 45.3 Å². The van der Waals surface area contributed by atoms with Crippen LogP contribution in [0.5, 0.6) is 17.2 Å². The maximum absolute atomic E-state index is 11.1. The van der Waals surface area contributed by atoms with Gasteiger partial charge in [0.2, 0.25) is 0 Å². The average molecular weight is 362 g/mol. The highest BCUT2D eigenvalue weighted by Gasteiger charge is 2.19. The normalized spacial score (nSPS) is 9.65. The number of aromatic hydroxyl groups is 2. The van der Waals surface area contributed by atoms with Gasteiger partial charge in [0.05, 0.1) is 12.7 Å². The fraction of sp³-hybridized carbons (Fsp3) is 0.167. The molecule has 0 heterocycles. The van der Waals surface area contributed by atoms with Gasteiger partial charge >= 0.3 is 11.9 Å². The van der Waals surface area contributed by atoms with Crippen LogP contribution < -0.4 is 4.74 Å². The van der Waals surface area contributed by atoms with Crippen molar-refractivity contribution in [3.8, 4) is 17.2 Å². The Bertz CT molecular complexity index is 855. The number of methoxy groups -OCH3 is 1. The summed E-state index contributed by atoms with van der Waals surface area (Å²) in [7, 11) is 1.46. The van der Waals surface area contributed by atoms with E-state index in [1.165, 1.54) is 26.2 Å². The number of phenols is 2. The number of hydrogen-bond acceptors (Lipinski definition) is 6. The molecule has 2 aromatic carbocycles. The van der Waals surface area contributed by atoms with E-state index < -0.39 is 28.8 Å². The summed E-state index contributed by atoms with van der Waals surface area (Å²) in [6.45, 7) is 3.23. The molecule has 0 saturated carbocycles. The van der Waals surface area contributed by atoms with Gasteiger partial charge in [-0.05, 0) is 38.1 Å². The van der Waals surface area contributed by atoms with Crippen LogP contribution in [0, 0.1) is 6.92 Å². The molecule has 0 aliphatic rings. The number of ketones is 1. The second-order valence-electron chi connectivity index (χ2n) is 5.16. The summed E-state index contributed by atoms with van der Waals surface area (Å²) in [6.07, 6.45) is 0. The first kappa shape index (κ1) is 20.5. The highest BCUT2D eigenvalue weighted by atomic mass is 16.5. The maximum Gasteiger partial charge on any atom is 0.340 e. The van der Waals surface area contributed by atoms with Gasteiger partial charge in [-0.2, -0.15) is 0 Å². The quantitative estimate of drug-likeness (QED) is 0.608. The third-order valence-electron chi connectivity index (χ3n) is 3.46. The summed E-state index contributed by atoms with van der Waals surface area (Å²) in [5, 5.41) is 35.6. The molecule has 0 unspecified atom stereocenters. The number of benzene rings is 2. The van der Waals surface area contributed by atoms with Crippen LogP contribution in [-0.2, 0) is 0 Å². The Kier molecular flexibility index (Phi) is 6.72. The zero-order chi connectivity index (χ0) is 20.0. The number of aromatic carboxylic acids is 2. The standard InChI is InChI=1S/C10H12O3.C8H6O5/c1-6-8(7(2)11)4-5-9(12)10(6)13-3;9-5-3-1-2-4(7(10)11)6(5)8(12)13/h4-5,12H,1-3H3;1-3,9H,(H,10,11)(H,12,13). The molecule has 0 aliphatic heterocycles. The number of phenolic OH excluding ortho intramolecular Hbond substituents is 1. The smallest absolute Gasteiger partial charge is 0.340 e. The van der Waals surface area contributed by atoms with Crippen LogP contribution in [0.25, 0.3) is 0 Å². The molecule has 0 fully saturated rings. The minimum absolute atomic E-state index is 0.0317. The first-order valence-corrected chi connectivity index (χ1v) is 7.27. The Balaban J connectivity index is 0.000000260. The Labute approximate surface area is 148 Å². The predicted octanol–water partition coefficient (Wildman–Crippen LogP) is 2.70. The molecule has 0 aliphatic carbocycles. The number of rotatable bonds is 4. The summed E-state index contributed by atoms with van der Waals surface area (Å²) in [4.78, 5) is 32.1. The number of hydrogen-bond donors (Lipinski definition) is 4. The number of carbonyl (C=O) groups is 3. The van der Waals surface area contributed by atoms with Crippen molar-refractivity contribution in [2.75, 3.05) is 7.11 Å². The minimum Gasteiger partial charge on any atom is -0.507 e. The van der Waals surface area contributed by atoms with E-state index >= 15 is 0 Å². The van der Waals surface area contributed by atoms with Gasteiger partial charge in [-0.1, -0.05) is 6.07 Å². The molecule has 0 saturated heterocycles. The summed E-state index contributed by atoms with van der Waals surface area (Å²) >= 11 is 0. The fourth-order valence-electron chi connectivity index (χ4n) is 2.26. The van der Waals surface area contributed by atoms with E-state index in [-0.39, 0.29) is 11.5 Å². The van der Waals surface area contributed by atoms with Gasteiger partial charge in [0.15, 0.2) is 17.3 Å². The van der Waals surface area contributed by atoms with Crippen molar-refractivity contribution < 1.29 is 39.5 Å². The number of carboxylic acid groups (broad SMARTS) is 2. The molecule has 2 rings (SSSR count). The molecule has 26 heavy (non-hydrogen) atoms. The first-order valence-electron chi connectivity index (χ1n) is 7.27. The van der Waals surface area contributed by atoms with Crippen molar-refractivity contribution in [1.82, 2.24) is 0 Å². The first-order chi connectivity index (χ1) is 12.1. The molecule has 0 aromatic heterocycles. The van der Waals surface area contributed by atoms with Crippen LogP contribution in [0.4, 0.5) is 0 Å². The molecule has 0 radical (unpaired) electrons. The lowest BCUT2D eigenvalue weighted by Gasteiger charge is -2.09. The average Bonchev–Trinajstić information content (AvgIpc) is 2.54. The molecular formula is C18H18O8. The van der Waals surface area contributed by atoms with E-state index in [9.17, 15) is 19.5 Å². The molecule has 4 N–H and O–H groups in total. The Hall–Kier alpha value is -3.55. The Morgan fingerprint density at radius 1 is 0.885 bits per heavy atom. The van der Waals surface area contributed by atoms with Crippen molar-refractivity contribution in [3.05, 3.63) is 52.6 Å². The molecule has 8 heteroatoms. The maximum atomic E-state index is 11.1. The lowest BCUT2D eigenvalue weighted by atomic mass is 10.0. The molecule has 0 atom stereocenters. The number of Topliss-reactive ketones (excluding diaryl/α,β-unsaturated/α-hetero) is 1. The van der Waals surface area contributed by atoms with Gasteiger partial charge in [-0.3, -0.25) is 4.79 Å². The largest absolute Gasteiger partial charge is 0.507 e. The van der Waals surface area contributed by atoms with E-state index in [4.69, 9.17) is 20.1 Å². The summed E-state index contributed by atoms with van der Waals surface area (Å²) in [5.74, 6) is -3.00. The molecule has 2 aromatic rings. The van der Waals surface area contributed by atoms with Gasteiger partial charge in [-0.25, -0.2) is 9.59 Å². The molecule has 0 amide bonds. The molecule has 0 bridgehead atoms. The van der Waals surface area contributed by atoms with Crippen LogP contribution in [0.2, 0.25) is 0 Å². The third kappa shape index (κ3) is 4.50. The molecule has 138 valence electrons. The number of carbonyl (C=O) groups excluding carboxylic acids is 1. The van der Waals surface area contributed by atoms with Crippen LogP contribution in [0.15, 0.2) is 30.3 Å². The Morgan fingerprint density at radius 3 is 1.92 bits per heavy atom. The van der Waals surface area contributed by atoms with Crippen molar-refractivity contribution in [2.24, 2.45) is 0 Å². The summed E-state index contributed by atoms with van der Waals surface area (Å²) < 4.78 is 4.96. The van der Waals surface area contributed by atoms with Gasteiger partial charge in [0.1, 0.15) is 11.3 Å². The molecule has 0 spiro atoms. The minimum atomic E-state index is -1.46. The topological polar surface area (TPSA) is 141 Å². The Morgan fingerprint density at radius 2 is 1.50 bits per heavy atom. The van der Waals surface area contributed by atoms with Crippen LogP contribution in [0.1, 0.15) is 43.6 Å². The van der Waals surface area contributed by atoms with E-state index in [1.807, 2.05) is 0 Å². The van der Waals surface area contributed by atoms with Gasteiger partial charge < -0.3 is 25.2 Å². The predicted molar refractivity (Wildman–Crippen MR) is 91.4 cm³/mol. The highest BCUT2D eigenvalue weighted by Crippen LogP contribution is 2.31. The van der Waals surface area contributed by atoms with E-state index in [2.05, 4.69) is 0 Å². The van der Waals surface area contributed by atoms with Crippen LogP contribution in [0.3, 0.4) is 0 Å². The van der Waals surface area contributed by atoms with Gasteiger partial charge in [0.25, 0.3) is 0 Å². The fourth-order valence-corrected chi connectivity index (χ4v) is 2.26. The van der Waals surface area contributed by atoms with Gasteiger partial charge in [-0.15, -0.1) is 0 Å². The van der Waals surface area contributed by atoms with Crippen molar-refractivity contribution in [2.45, 2.75) is 13.8 Å². The third-order valence-corrected chi connectivity index (χ3v) is 3.46. The van der Waals surface area contributed by atoms with E-state index in [0.29, 0.717) is 16.9 Å². The van der Waals surface area contributed by atoms with Crippen molar-refractivity contribution in [1.29, 1.82) is 0 Å². The van der Waals surface area contributed by atoms with Gasteiger partial charge in [0, 0.05) is 11.1 Å². The second kappa shape index (κ2) is 8.52. The zero-order valence-electron chi connectivity index (χ0n) is 14.3. The van der Waals surface area contributed by atoms with Crippen molar-refractivity contribution in [3.63, 3.8) is 0 Å². The summed E-state index contributed by atoms with van der Waals surface area (Å²) in [6, 6.07) is 6.56. The molecular weight excluding hydrogens is 344 g/mol. The van der Waals surface area contributed by atoms with Crippen LogP contribution >= 0.6 is 0 Å². The lowest BCUT2D eigenvalue weighted by molar-refractivity contribution is 0.0648. The van der Waals surface area contributed by atoms with E-state index in [0.717, 1.165) is 12.1 Å². The monoisotopic (exact) mass is 362 g/mol.